The first-order chi connectivity index (χ1) is 6.09. The lowest BCUT2D eigenvalue weighted by Gasteiger charge is -2.25. The van der Waals surface area contributed by atoms with E-state index < -0.39 is 0 Å². The van der Waals surface area contributed by atoms with Crippen molar-refractivity contribution in [2.75, 3.05) is 0 Å². The molecule has 1 aliphatic rings. The Hall–Kier alpha value is -0.590. The van der Waals surface area contributed by atoms with E-state index in [4.69, 9.17) is 0 Å². The quantitative estimate of drug-likeness (QED) is 0.370. The Bertz CT molecular complexity index is 213. The number of unbranched alkanes of at least 4 members (excludes halogenated alkanes) is 1. The van der Waals surface area contributed by atoms with E-state index in [-0.39, 0.29) is 0 Å². The highest BCUT2D eigenvalue weighted by atomic mass is 16.1. The normalized spacial score (nSPS) is 29.5. The maximum Gasteiger partial charge on any atom is 0.120 e. The molecule has 0 heterocycles. The van der Waals surface area contributed by atoms with Crippen molar-refractivity contribution >= 4 is 6.29 Å². The minimum Gasteiger partial charge on any atom is -0.303 e. The summed E-state index contributed by atoms with van der Waals surface area (Å²) in [6, 6.07) is 0. The highest BCUT2D eigenvalue weighted by molar-refractivity contribution is 5.49. The topological polar surface area (TPSA) is 17.1 Å². The average Bonchev–Trinajstić information content (AvgIpc) is 2.32. The van der Waals surface area contributed by atoms with Gasteiger partial charge in [0.1, 0.15) is 6.29 Å². The van der Waals surface area contributed by atoms with Crippen LogP contribution in [0.3, 0.4) is 0 Å². The molecule has 13 heavy (non-hydrogen) atoms. The van der Waals surface area contributed by atoms with Gasteiger partial charge in [0, 0.05) is 6.42 Å². The van der Waals surface area contributed by atoms with Gasteiger partial charge in [0.05, 0.1) is 0 Å². The van der Waals surface area contributed by atoms with E-state index in [2.05, 4.69) is 26.8 Å². The third kappa shape index (κ3) is 2.20. The summed E-state index contributed by atoms with van der Waals surface area (Å²) < 4.78 is 0. The smallest absolute Gasteiger partial charge is 0.120 e. The van der Waals surface area contributed by atoms with Gasteiger partial charge in [-0.15, -0.1) is 0 Å². The number of hydrogen-bond acceptors (Lipinski definition) is 1. The van der Waals surface area contributed by atoms with Crippen LogP contribution in [0.25, 0.3) is 0 Å². The van der Waals surface area contributed by atoms with Crippen LogP contribution in [0, 0.1) is 11.3 Å². The van der Waals surface area contributed by atoms with E-state index in [1.54, 1.807) is 5.57 Å². The molecule has 1 rings (SSSR count). The van der Waals surface area contributed by atoms with Crippen molar-refractivity contribution in [1.29, 1.82) is 0 Å². The molecule has 0 radical (unpaired) electrons. The molecule has 0 aromatic heterocycles. The summed E-state index contributed by atoms with van der Waals surface area (Å²) in [5.74, 6) is 0.787. The highest BCUT2D eigenvalue weighted by Gasteiger charge is 2.34. The van der Waals surface area contributed by atoms with Crippen LogP contribution in [-0.2, 0) is 4.79 Å². The van der Waals surface area contributed by atoms with Gasteiger partial charge in [-0.3, -0.25) is 0 Å². The van der Waals surface area contributed by atoms with Crippen LogP contribution < -0.4 is 0 Å². The molecule has 1 unspecified atom stereocenters. The van der Waals surface area contributed by atoms with E-state index in [1.165, 1.54) is 12.8 Å². The Morgan fingerprint density at radius 1 is 1.46 bits per heavy atom. The van der Waals surface area contributed by atoms with E-state index in [9.17, 15) is 4.79 Å². The molecule has 1 fully saturated rings. The molecule has 0 aromatic carbocycles. The largest absolute Gasteiger partial charge is 0.303 e. The summed E-state index contributed by atoms with van der Waals surface area (Å²) >= 11 is 0. The fraction of sp³-hybridized carbons (Fsp3) is 0.750. The molecule has 1 aliphatic carbocycles. The zero-order chi connectivity index (χ0) is 9.90. The van der Waals surface area contributed by atoms with Crippen LogP contribution in [0.4, 0.5) is 0 Å². The van der Waals surface area contributed by atoms with E-state index in [0.29, 0.717) is 11.8 Å². The lowest BCUT2D eigenvalue weighted by atomic mass is 9.80. The maximum absolute atomic E-state index is 10.2. The number of aldehydes is 1. The number of carbonyl (C=O) groups excluding carboxylic acids is 1. The number of carbonyl (C=O) groups is 1. The van der Waals surface area contributed by atoms with Crippen molar-refractivity contribution < 1.29 is 4.79 Å². The van der Waals surface area contributed by atoms with Gasteiger partial charge in [0.2, 0.25) is 0 Å². The van der Waals surface area contributed by atoms with Gasteiger partial charge in [-0.2, -0.15) is 0 Å². The number of allylic oxidation sites excluding steroid dienone is 2. The zero-order valence-corrected chi connectivity index (χ0v) is 8.97. The molecule has 1 nitrogen and oxygen atoms in total. The Balaban J connectivity index is 2.60. The van der Waals surface area contributed by atoms with Crippen LogP contribution >= 0.6 is 0 Å². The SMILES string of the molecule is CC1CC/C(=C/CCC=O)C1(C)C. The van der Waals surface area contributed by atoms with E-state index in [0.717, 1.165) is 18.6 Å². The molecule has 0 aliphatic heterocycles. The lowest BCUT2D eigenvalue weighted by Crippen LogP contribution is -2.16. The molecule has 1 saturated carbocycles. The lowest BCUT2D eigenvalue weighted by molar-refractivity contribution is -0.107. The predicted molar refractivity (Wildman–Crippen MR) is 55.6 cm³/mol. The van der Waals surface area contributed by atoms with Crippen molar-refractivity contribution in [3.63, 3.8) is 0 Å². The Morgan fingerprint density at radius 2 is 2.15 bits per heavy atom. The van der Waals surface area contributed by atoms with Gasteiger partial charge >= 0.3 is 0 Å². The fourth-order valence-corrected chi connectivity index (χ4v) is 2.06. The van der Waals surface area contributed by atoms with Crippen LogP contribution in [-0.4, -0.2) is 6.29 Å². The monoisotopic (exact) mass is 180 g/mol. The van der Waals surface area contributed by atoms with Crippen molar-refractivity contribution in [2.45, 2.75) is 46.5 Å². The van der Waals surface area contributed by atoms with Crippen molar-refractivity contribution in [1.82, 2.24) is 0 Å². The van der Waals surface area contributed by atoms with Gasteiger partial charge in [0.25, 0.3) is 0 Å². The van der Waals surface area contributed by atoms with Gasteiger partial charge in [-0.25, -0.2) is 0 Å². The Labute approximate surface area is 81.2 Å². The fourth-order valence-electron chi connectivity index (χ4n) is 2.06. The van der Waals surface area contributed by atoms with Crippen LogP contribution in [0.5, 0.6) is 0 Å². The average molecular weight is 180 g/mol. The van der Waals surface area contributed by atoms with Gasteiger partial charge in [-0.05, 0) is 30.6 Å². The van der Waals surface area contributed by atoms with E-state index in [1.807, 2.05) is 0 Å². The summed E-state index contributed by atoms with van der Waals surface area (Å²) in [5.41, 5.74) is 1.92. The first kappa shape index (κ1) is 10.5. The van der Waals surface area contributed by atoms with Crippen LogP contribution in [0.2, 0.25) is 0 Å². The molecular weight excluding hydrogens is 160 g/mol. The maximum atomic E-state index is 10.2. The minimum absolute atomic E-state index is 0.364. The van der Waals surface area contributed by atoms with Crippen LogP contribution in [0.15, 0.2) is 11.6 Å². The zero-order valence-electron chi connectivity index (χ0n) is 8.97. The highest BCUT2D eigenvalue weighted by Crippen LogP contribution is 2.46. The summed E-state index contributed by atoms with van der Waals surface area (Å²) in [7, 11) is 0. The van der Waals surface area contributed by atoms with Crippen molar-refractivity contribution in [3.8, 4) is 0 Å². The first-order valence-corrected chi connectivity index (χ1v) is 5.22. The van der Waals surface area contributed by atoms with E-state index >= 15 is 0 Å². The molecule has 74 valence electrons. The van der Waals surface area contributed by atoms with Gasteiger partial charge in [-0.1, -0.05) is 32.4 Å². The standard InChI is InChI=1S/C12H20O/c1-10-7-8-11(12(10,2)3)6-4-5-9-13/h6,9-10H,4-5,7-8H2,1-3H3/b11-6-. The molecule has 1 heteroatoms. The summed E-state index contributed by atoms with van der Waals surface area (Å²) in [6.07, 6.45) is 7.41. The Morgan fingerprint density at radius 3 is 2.62 bits per heavy atom. The van der Waals surface area contributed by atoms with Gasteiger partial charge < -0.3 is 4.79 Å². The molecule has 0 N–H and O–H groups in total. The molecule has 1 atom stereocenters. The third-order valence-electron chi connectivity index (χ3n) is 3.58. The first-order valence-electron chi connectivity index (χ1n) is 5.22. The Kier molecular flexibility index (Phi) is 3.29. The molecule has 0 aromatic rings. The van der Waals surface area contributed by atoms with Crippen LogP contribution in [0.1, 0.15) is 46.5 Å². The second-order valence-electron chi connectivity index (χ2n) is 4.63. The molecule has 0 amide bonds. The summed E-state index contributed by atoms with van der Waals surface area (Å²) in [5, 5.41) is 0. The second kappa shape index (κ2) is 4.08. The molecule has 0 bridgehead atoms. The molecule has 0 saturated heterocycles. The second-order valence-corrected chi connectivity index (χ2v) is 4.63. The number of rotatable bonds is 3. The molecule has 0 spiro atoms. The van der Waals surface area contributed by atoms with Crippen molar-refractivity contribution in [3.05, 3.63) is 11.6 Å². The third-order valence-corrected chi connectivity index (χ3v) is 3.58. The number of hydrogen-bond donors (Lipinski definition) is 0. The predicted octanol–water partition coefficient (Wildman–Crippen LogP) is 3.35. The summed E-state index contributed by atoms with van der Waals surface area (Å²) in [6.45, 7) is 6.95. The summed E-state index contributed by atoms with van der Waals surface area (Å²) in [4.78, 5) is 10.2. The van der Waals surface area contributed by atoms with Gasteiger partial charge in [0.15, 0.2) is 0 Å². The molecular formula is C12H20O. The minimum atomic E-state index is 0.364. The van der Waals surface area contributed by atoms with Crippen molar-refractivity contribution in [2.24, 2.45) is 11.3 Å².